The molecule has 0 radical (unpaired) electrons. The van der Waals surface area contributed by atoms with Crippen molar-refractivity contribution in [3.05, 3.63) is 65.3 Å². The van der Waals surface area contributed by atoms with Crippen molar-refractivity contribution in [3.63, 3.8) is 0 Å². The number of alkyl halides is 1. The van der Waals surface area contributed by atoms with Crippen LogP contribution in [0.5, 0.6) is 11.6 Å². The van der Waals surface area contributed by atoms with Crippen LogP contribution in [0.4, 0.5) is 10.2 Å². The third-order valence-electron chi connectivity index (χ3n) is 5.65. The van der Waals surface area contributed by atoms with Gasteiger partial charge in [0, 0.05) is 37.0 Å². The molecule has 1 saturated heterocycles. The number of ether oxygens (including phenoxy) is 1. The van der Waals surface area contributed by atoms with Crippen LogP contribution in [0.25, 0.3) is 11.3 Å². The number of nitrogens with zero attached hydrogens (tertiary/aromatic N) is 4. The number of aromatic nitrogens is 3. The average Bonchev–Trinajstić information content (AvgIpc) is 3.21. The zero-order valence-corrected chi connectivity index (χ0v) is 19.5. The van der Waals surface area contributed by atoms with Crippen LogP contribution in [0.2, 0.25) is 5.02 Å². The van der Waals surface area contributed by atoms with E-state index < -0.39 is 12.6 Å². The van der Waals surface area contributed by atoms with E-state index in [0.717, 1.165) is 0 Å². The van der Waals surface area contributed by atoms with Crippen molar-refractivity contribution in [2.24, 2.45) is 5.73 Å². The summed E-state index contributed by atoms with van der Waals surface area (Å²) in [6, 6.07) is 9.97. The molecule has 1 aromatic carbocycles. The molecule has 9 nitrogen and oxygen atoms in total. The van der Waals surface area contributed by atoms with Crippen LogP contribution in [0, 0.1) is 0 Å². The molecule has 1 atom stereocenters. The predicted molar refractivity (Wildman–Crippen MR) is 130 cm³/mol. The molecule has 2 aromatic heterocycles. The SMILES string of the molecule is NC(=O)c1c(-c2ccc(Oc3ccc(Cl)cn3)cc2)nn(C2CCCN(C(=O)C=CCF)C2)c1N. The van der Waals surface area contributed by atoms with Gasteiger partial charge in [0.05, 0.1) is 11.1 Å². The third-order valence-corrected chi connectivity index (χ3v) is 5.87. The fourth-order valence-electron chi connectivity index (χ4n) is 4.00. The van der Waals surface area contributed by atoms with Gasteiger partial charge >= 0.3 is 0 Å². The molecule has 35 heavy (non-hydrogen) atoms. The van der Waals surface area contributed by atoms with E-state index in [0.29, 0.717) is 53.8 Å². The highest BCUT2D eigenvalue weighted by molar-refractivity contribution is 6.30. The van der Waals surface area contributed by atoms with Crippen LogP contribution in [0.15, 0.2) is 54.7 Å². The number of amides is 2. The molecule has 1 unspecified atom stereocenters. The van der Waals surface area contributed by atoms with Crippen molar-refractivity contribution in [1.29, 1.82) is 0 Å². The molecule has 4 rings (SSSR count). The van der Waals surface area contributed by atoms with Gasteiger partial charge in [-0.2, -0.15) is 5.10 Å². The number of hydrogen-bond donors (Lipinski definition) is 2. The van der Waals surface area contributed by atoms with Crippen molar-refractivity contribution in [3.8, 4) is 22.9 Å². The Morgan fingerprint density at radius 3 is 2.66 bits per heavy atom. The highest BCUT2D eigenvalue weighted by Crippen LogP contribution is 2.33. The number of likely N-dealkylation sites (tertiary alicyclic amines) is 1. The largest absolute Gasteiger partial charge is 0.439 e. The lowest BCUT2D eigenvalue weighted by Gasteiger charge is -2.32. The number of anilines is 1. The molecule has 0 bridgehead atoms. The average molecular weight is 499 g/mol. The maximum absolute atomic E-state index is 12.4. The molecule has 3 aromatic rings. The first-order valence-electron chi connectivity index (χ1n) is 11.0. The zero-order valence-electron chi connectivity index (χ0n) is 18.7. The topological polar surface area (TPSA) is 129 Å². The molecular formula is C24H24ClFN6O3. The van der Waals surface area contributed by atoms with Gasteiger partial charge in [-0.25, -0.2) is 14.1 Å². The molecule has 1 aliphatic heterocycles. The number of allylic oxidation sites excluding steroid dienone is 1. The Morgan fingerprint density at radius 2 is 2.00 bits per heavy atom. The first kappa shape index (κ1) is 24.2. The molecular weight excluding hydrogens is 475 g/mol. The number of hydrogen-bond acceptors (Lipinski definition) is 6. The van der Waals surface area contributed by atoms with E-state index >= 15 is 0 Å². The number of benzene rings is 1. The van der Waals surface area contributed by atoms with E-state index in [2.05, 4.69) is 10.1 Å². The summed E-state index contributed by atoms with van der Waals surface area (Å²) in [5, 5.41) is 5.11. The minimum Gasteiger partial charge on any atom is -0.439 e. The summed E-state index contributed by atoms with van der Waals surface area (Å²) < 4.78 is 19.7. The van der Waals surface area contributed by atoms with E-state index in [1.54, 1.807) is 46.0 Å². The van der Waals surface area contributed by atoms with Crippen LogP contribution in [-0.2, 0) is 4.79 Å². The number of nitrogen functional groups attached to an aromatic ring is 1. The van der Waals surface area contributed by atoms with Gasteiger partial charge in [-0.05, 0) is 49.2 Å². The summed E-state index contributed by atoms with van der Waals surface area (Å²) >= 11 is 5.85. The van der Waals surface area contributed by atoms with Gasteiger partial charge in [-0.3, -0.25) is 9.59 Å². The maximum Gasteiger partial charge on any atom is 0.254 e. The molecule has 3 heterocycles. The molecule has 1 fully saturated rings. The van der Waals surface area contributed by atoms with Crippen molar-refractivity contribution >= 4 is 29.2 Å². The molecule has 182 valence electrons. The molecule has 0 saturated carbocycles. The normalized spacial score (nSPS) is 15.9. The number of carbonyl (C=O) groups excluding carboxylic acids is 2. The van der Waals surface area contributed by atoms with Crippen LogP contribution < -0.4 is 16.2 Å². The van der Waals surface area contributed by atoms with Crippen LogP contribution in [0.3, 0.4) is 0 Å². The number of primary amides is 1. The van der Waals surface area contributed by atoms with E-state index in [9.17, 15) is 14.0 Å². The smallest absolute Gasteiger partial charge is 0.254 e. The van der Waals surface area contributed by atoms with Crippen LogP contribution in [-0.4, -0.2) is 51.2 Å². The number of pyridine rings is 1. The second-order valence-corrected chi connectivity index (χ2v) is 8.43. The lowest BCUT2D eigenvalue weighted by Crippen LogP contribution is -2.40. The highest BCUT2D eigenvalue weighted by Gasteiger charge is 2.29. The molecule has 0 aliphatic carbocycles. The molecule has 0 spiro atoms. The Hall–Kier alpha value is -3.92. The highest BCUT2D eigenvalue weighted by atomic mass is 35.5. The minimum atomic E-state index is -0.708. The van der Waals surface area contributed by atoms with Crippen molar-refractivity contribution in [1.82, 2.24) is 19.7 Å². The van der Waals surface area contributed by atoms with Crippen molar-refractivity contribution in [2.45, 2.75) is 18.9 Å². The van der Waals surface area contributed by atoms with E-state index in [4.69, 9.17) is 27.8 Å². The lowest BCUT2D eigenvalue weighted by atomic mass is 10.1. The number of carbonyl (C=O) groups is 2. The zero-order chi connectivity index (χ0) is 24.9. The van der Waals surface area contributed by atoms with Crippen molar-refractivity contribution < 1.29 is 18.7 Å². The Morgan fingerprint density at radius 1 is 1.23 bits per heavy atom. The number of rotatable bonds is 7. The van der Waals surface area contributed by atoms with Gasteiger partial charge in [0.2, 0.25) is 11.8 Å². The summed E-state index contributed by atoms with van der Waals surface area (Å²) in [7, 11) is 0. The number of halogens is 2. The molecule has 11 heteroatoms. The standard InChI is InChI=1S/C24H24ClFN6O3/c25-16-7-10-19(29-13-16)35-18-8-5-15(6-9-18)22-21(24(28)34)23(27)32(30-22)17-3-2-12-31(14-17)20(33)4-1-11-26/h1,4-10,13,17H,2-3,11-12,14,27H2,(H2,28,34). The fraction of sp³-hybridized carbons (Fsp3) is 0.250. The van der Waals surface area contributed by atoms with Gasteiger partial charge in [-0.15, -0.1) is 0 Å². The fourth-order valence-corrected chi connectivity index (χ4v) is 4.11. The summed E-state index contributed by atoms with van der Waals surface area (Å²) in [5.74, 6) is 0.0608. The minimum absolute atomic E-state index is 0.110. The maximum atomic E-state index is 12.4. The van der Waals surface area contributed by atoms with Crippen LogP contribution in [0.1, 0.15) is 29.2 Å². The van der Waals surface area contributed by atoms with Gasteiger partial charge < -0.3 is 21.1 Å². The predicted octanol–water partition coefficient (Wildman–Crippen LogP) is 3.76. The monoisotopic (exact) mass is 498 g/mol. The third kappa shape index (κ3) is 5.43. The van der Waals surface area contributed by atoms with E-state index in [1.807, 2.05) is 0 Å². The van der Waals surface area contributed by atoms with Gasteiger partial charge in [0.1, 0.15) is 29.5 Å². The lowest BCUT2D eigenvalue weighted by molar-refractivity contribution is -0.127. The summed E-state index contributed by atoms with van der Waals surface area (Å²) in [4.78, 5) is 30.3. The van der Waals surface area contributed by atoms with E-state index in [1.165, 1.54) is 18.3 Å². The summed E-state index contributed by atoms with van der Waals surface area (Å²) in [6.45, 7) is 0.174. The van der Waals surface area contributed by atoms with Crippen LogP contribution >= 0.6 is 11.6 Å². The number of piperidine rings is 1. The Labute approximate surface area is 206 Å². The van der Waals surface area contributed by atoms with Gasteiger partial charge in [0.25, 0.3) is 5.91 Å². The second kappa shape index (κ2) is 10.6. The quantitative estimate of drug-likeness (QED) is 0.477. The van der Waals surface area contributed by atoms with Crippen molar-refractivity contribution in [2.75, 3.05) is 25.5 Å². The first-order valence-corrected chi connectivity index (χ1v) is 11.3. The first-order chi connectivity index (χ1) is 16.9. The Balaban J connectivity index is 1.59. The Bertz CT molecular complexity index is 1240. The summed E-state index contributed by atoms with van der Waals surface area (Å²) in [6.07, 6.45) is 5.30. The molecule has 2 amide bonds. The van der Waals surface area contributed by atoms with Gasteiger partial charge in [-0.1, -0.05) is 11.6 Å². The second-order valence-electron chi connectivity index (χ2n) is 8.00. The molecule has 1 aliphatic rings. The Kier molecular flexibility index (Phi) is 7.31. The van der Waals surface area contributed by atoms with E-state index in [-0.39, 0.29) is 23.3 Å². The molecule has 4 N–H and O–H groups in total. The number of nitrogens with two attached hydrogens (primary N) is 2. The summed E-state index contributed by atoms with van der Waals surface area (Å²) in [5.41, 5.74) is 13.0. The van der Waals surface area contributed by atoms with Gasteiger partial charge in [0.15, 0.2) is 0 Å².